The minimum atomic E-state index is -0.281. The first-order valence-corrected chi connectivity index (χ1v) is 6.09. The molecule has 1 aromatic carbocycles. The van der Waals surface area contributed by atoms with E-state index < -0.39 is 0 Å². The van der Waals surface area contributed by atoms with E-state index in [1.165, 1.54) is 12.1 Å². The average Bonchev–Trinajstić information content (AvgIpc) is 2.28. The van der Waals surface area contributed by atoms with Crippen molar-refractivity contribution in [2.75, 3.05) is 13.7 Å². The highest BCUT2D eigenvalue weighted by atomic mass is 19.1. The van der Waals surface area contributed by atoms with Crippen molar-refractivity contribution in [1.82, 2.24) is 4.90 Å². The first-order chi connectivity index (χ1) is 8.49. The van der Waals surface area contributed by atoms with Crippen LogP contribution in [-0.2, 0) is 16.1 Å². The van der Waals surface area contributed by atoms with Crippen molar-refractivity contribution in [3.63, 3.8) is 0 Å². The molecular formula is C14H20FNO2. The molecule has 0 saturated carbocycles. The molecule has 0 unspecified atom stereocenters. The largest absolute Gasteiger partial charge is 0.378 e. The van der Waals surface area contributed by atoms with E-state index in [1.807, 2.05) is 13.8 Å². The van der Waals surface area contributed by atoms with E-state index in [1.54, 1.807) is 24.1 Å². The quantitative estimate of drug-likeness (QED) is 0.780. The van der Waals surface area contributed by atoms with Crippen LogP contribution in [0.5, 0.6) is 0 Å². The molecule has 4 heteroatoms. The van der Waals surface area contributed by atoms with Gasteiger partial charge >= 0.3 is 0 Å². The number of hydrogen-bond donors (Lipinski definition) is 0. The molecule has 1 rings (SSSR count). The van der Waals surface area contributed by atoms with Gasteiger partial charge in [0.15, 0.2) is 0 Å². The van der Waals surface area contributed by atoms with Crippen LogP contribution in [0, 0.1) is 5.82 Å². The fourth-order valence-corrected chi connectivity index (χ4v) is 1.57. The van der Waals surface area contributed by atoms with Crippen LogP contribution in [-0.4, -0.2) is 30.6 Å². The van der Waals surface area contributed by atoms with E-state index in [0.717, 1.165) is 5.56 Å². The Morgan fingerprint density at radius 3 is 2.78 bits per heavy atom. The standard InChI is InChI=1S/C14H20FNO2/c1-11(2)18-8-7-14(17)16(3)10-12-5-4-6-13(15)9-12/h4-6,9,11H,7-8,10H2,1-3H3. The summed E-state index contributed by atoms with van der Waals surface area (Å²) in [6.07, 6.45) is 0.482. The monoisotopic (exact) mass is 253 g/mol. The molecule has 0 aliphatic heterocycles. The molecule has 0 aromatic heterocycles. The molecule has 1 amide bonds. The summed E-state index contributed by atoms with van der Waals surface area (Å²) in [5.74, 6) is -0.281. The van der Waals surface area contributed by atoms with Crippen molar-refractivity contribution in [1.29, 1.82) is 0 Å². The lowest BCUT2D eigenvalue weighted by atomic mass is 10.2. The predicted octanol–water partition coefficient (Wildman–Crippen LogP) is 2.60. The topological polar surface area (TPSA) is 29.5 Å². The zero-order valence-corrected chi connectivity index (χ0v) is 11.1. The van der Waals surface area contributed by atoms with Crippen molar-refractivity contribution in [3.05, 3.63) is 35.6 Å². The number of nitrogens with zero attached hydrogens (tertiary/aromatic N) is 1. The summed E-state index contributed by atoms with van der Waals surface area (Å²) in [6.45, 7) is 4.70. The summed E-state index contributed by atoms with van der Waals surface area (Å²) in [6, 6.07) is 6.28. The maximum atomic E-state index is 13.0. The van der Waals surface area contributed by atoms with Crippen LogP contribution in [0.2, 0.25) is 0 Å². The van der Waals surface area contributed by atoms with E-state index in [4.69, 9.17) is 4.74 Å². The zero-order chi connectivity index (χ0) is 13.5. The molecule has 100 valence electrons. The summed E-state index contributed by atoms with van der Waals surface area (Å²) < 4.78 is 18.3. The minimum Gasteiger partial charge on any atom is -0.378 e. The van der Waals surface area contributed by atoms with Crippen molar-refractivity contribution in [2.45, 2.75) is 32.9 Å². The van der Waals surface area contributed by atoms with Crippen LogP contribution in [0.1, 0.15) is 25.8 Å². The second-order valence-electron chi connectivity index (χ2n) is 4.55. The fraction of sp³-hybridized carbons (Fsp3) is 0.500. The van der Waals surface area contributed by atoms with Gasteiger partial charge in [0, 0.05) is 13.6 Å². The summed E-state index contributed by atoms with van der Waals surface area (Å²) in [4.78, 5) is 13.3. The van der Waals surface area contributed by atoms with Gasteiger partial charge in [0.2, 0.25) is 5.91 Å². The number of carbonyl (C=O) groups is 1. The van der Waals surface area contributed by atoms with E-state index in [-0.39, 0.29) is 17.8 Å². The normalized spacial score (nSPS) is 10.7. The van der Waals surface area contributed by atoms with Gasteiger partial charge < -0.3 is 9.64 Å². The third-order valence-electron chi connectivity index (χ3n) is 2.50. The van der Waals surface area contributed by atoms with Gasteiger partial charge in [-0.1, -0.05) is 12.1 Å². The fourth-order valence-electron chi connectivity index (χ4n) is 1.57. The maximum Gasteiger partial charge on any atom is 0.224 e. The zero-order valence-electron chi connectivity index (χ0n) is 11.1. The number of ether oxygens (including phenoxy) is 1. The number of hydrogen-bond acceptors (Lipinski definition) is 2. The number of carbonyl (C=O) groups excluding carboxylic acids is 1. The molecule has 0 saturated heterocycles. The lowest BCUT2D eigenvalue weighted by Gasteiger charge is -2.17. The first-order valence-electron chi connectivity index (χ1n) is 6.09. The molecule has 0 bridgehead atoms. The summed E-state index contributed by atoms with van der Waals surface area (Å²) in [5, 5.41) is 0. The van der Waals surface area contributed by atoms with Crippen molar-refractivity contribution in [3.8, 4) is 0 Å². The Morgan fingerprint density at radius 1 is 1.44 bits per heavy atom. The average molecular weight is 253 g/mol. The van der Waals surface area contributed by atoms with Gasteiger partial charge in [0.1, 0.15) is 5.82 Å². The molecule has 0 aliphatic rings. The van der Waals surface area contributed by atoms with Gasteiger partial charge in [-0.3, -0.25) is 4.79 Å². The van der Waals surface area contributed by atoms with Gasteiger partial charge in [0.25, 0.3) is 0 Å². The van der Waals surface area contributed by atoms with E-state index in [9.17, 15) is 9.18 Å². The summed E-state index contributed by atoms with van der Waals surface area (Å²) in [5.41, 5.74) is 0.788. The van der Waals surface area contributed by atoms with Crippen LogP contribution in [0.4, 0.5) is 4.39 Å². The number of amides is 1. The summed E-state index contributed by atoms with van der Waals surface area (Å²) >= 11 is 0. The second-order valence-corrected chi connectivity index (χ2v) is 4.55. The van der Waals surface area contributed by atoms with Crippen LogP contribution in [0.15, 0.2) is 24.3 Å². The van der Waals surface area contributed by atoms with Crippen molar-refractivity contribution >= 4 is 5.91 Å². The predicted molar refractivity (Wildman–Crippen MR) is 68.6 cm³/mol. The van der Waals surface area contributed by atoms with Crippen molar-refractivity contribution in [2.24, 2.45) is 0 Å². The van der Waals surface area contributed by atoms with Crippen molar-refractivity contribution < 1.29 is 13.9 Å². The van der Waals surface area contributed by atoms with Gasteiger partial charge in [0.05, 0.1) is 19.1 Å². The number of halogens is 1. The van der Waals surface area contributed by atoms with Crippen LogP contribution < -0.4 is 0 Å². The highest BCUT2D eigenvalue weighted by Gasteiger charge is 2.09. The molecule has 0 spiro atoms. The molecule has 0 radical (unpaired) electrons. The molecule has 0 aliphatic carbocycles. The first kappa shape index (κ1) is 14.6. The highest BCUT2D eigenvalue weighted by Crippen LogP contribution is 2.07. The third-order valence-corrected chi connectivity index (χ3v) is 2.50. The smallest absolute Gasteiger partial charge is 0.224 e. The molecule has 0 heterocycles. The Balaban J connectivity index is 2.40. The summed E-state index contributed by atoms with van der Waals surface area (Å²) in [7, 11) is 1.71. The Morgan fingerprint density at radius 2 is 2.17 bits per heavy atom. The van der Waals surface area contributed by atoms with Crippen LogP contribution in [0.25, 0.3) is 0 Å². The second kappa shape index (κ2) is 7.11. The Hall–Kier alpha value is -1.42. The van der Waals surface area contributed by atoms with E-state index >= 15 is 0 Å². The van der Waals surface area contributed by atoms with E-state index in [2.05, 4.69) is 0 Å². The van der Waals surface area contributed by atoms with Gasteiger partial charge in [-0.15, -0.1) is 0 Å². The molecule has 0 atom stereocenters. The molecule has 3 nitrogen and oxygen atoms in total. The molecule has 0 fully saturated rings. The molecule has 1 aromatic rings. The van der Waals surface area contributed by atoms with Crippen LogP contribution >= 0.6 is 0 Å². The Bertz CT molecular complexity index is 393. The van der Waals surface area contributed by atoms with Gasteiger partial charge in [-0.25, -0.2) is 4.39 Å². The SMILES string of the molecule is CC(C)OCCC(=O)N(C)Cc1cccc(F)c1. The van der Waals surface area contributed by atoms with Crippen LogP contribution in [0.3, 0.4) is 0 Å². The minimum absolute atomic E-state index is 0.0000822. The number of rotatable bonds is 6. The Kier molecular flexibility index (Phi) is 5.78. The maximum absolute atomic E-state index is 13.0. The van der Waals surface area contributed by atoms with Gasteiger partial charge in [-0.2, -0.15) is 0 Å². The Labute approximate surface area is 108 Å². The molecule has 18 heavy (non-hydrogen) atoms. The lowest BCUT2D eigenvalue weighted by molar-refractivity contribution is -0.131. The third kappa shape index (κ3) is 5.27. The molecular weight excluding hydrogens is 233 g/mol. The lowest BCUT2D eigenvalue weighted by Crippen LogP contribution is -2.27. The van der Waals surface area contributed by atoms with Gasteiger partial charge in [-0.05, 0) is 31.5 Å². The highest BCUT2D eigenvalue weighted by molar-refractivity contribution is 5.75. The number of benzene rings is 1. The van der Waals surface area contributed by atoms with E-state index in [0.29, 0.717) is 19.6 Å². The molecule has 0 N–H and O–H groups in total.